The largest absolute Gasteiger partial charge is 0.336 e. The van der Waals surface area contributed by atoms with Crippen LogP contribution >= 0.6 is 11.6 Å². The lowest BCUT2D eigenvalue weighted by Gasteiger charge is -2.35. The van der Waals surface area contributed by atoms with Crippen molar-refractivity contribution in [2.24, 2.45) is 5.92 Å². The second-order valence-electron chi connectivity index (χ2n) is 10.8. The van der Waals surface area contributed by atoms with Crippen LogP contribution < -0.4 is 4.72 Å². The molecule has 216 valence electrons. The van der Waals surface area contributed by atoms with E-state index < -0.39 is 10.0 Å². The van der Waals surface area contributed by atoms with Gasteiger partial charge in [-0.1, -0.05) is 61.2 Å². The molecule has 0 radical (unpaired) electrons. The van der Waals surface area contributed by atoms with Gasteiger partial charge in [-0.05, 0) is 67.7 Å². The van der Waals surface area contributed by atoms with Gasteiger partial charge in [0.05, 0.1) is 5.52 Å². The topological polar surface area (TPSA) is 82.6 Å². The molecule has 1 aliphatic carbocycles. The Hall–Kier alpha value is -3.20. The van der Waals surface area contributed by atoms with Gasteiger partial charge in [-0.3, -0.25) is 19.4 Å². The van der Waals surface area contributed by atoms with Crippen molar-refractivity contribution < 1.29 is 13.2 Å². The summed E-state index contributed by atoms with van der Waals surface area (Å²) in [5.74, 6) is 0.524. The Morgan fingerprint density at radius 1 is 1.00 bits per heavy atom. The number of fused-ring (bicyclic) bond motifs is 1. The number of allylic oxidation sites excluding steroid dienone is 2. The van der Waals surface area contributed by atoms with Gasteiger partial charge >= 0.3 is 0 Å². The Morgan fingerprint density at radius 3 is 2.41 bits per heavy atom. The van der Waals surface area contributed by atoms with Crippen molar-refractivity contribution in [3.63, 3.8) is 0 Å². The van der Waals surface area contributed by atoms with E-state index in [0.717, 1.165) is 35.6 Å². The maximum atomic E-state index is 13.2. The Bertz CT molecular complexity index is 1530. The molecule has 0 spiro atoms. The monoisotopic (exact) mass is 592 g/mol. The summed E-state index contributed by atoms with van der Waals surface area (Å²) in [5.41, 5.74) is 2.48. The van der Waals surface area contributed by atoms with Crippen LogP contribution in [-0.4, -0.2) is 61.8 Å². The molecule has 1 amide bonds. The molecule has 0 bridgehead atoms. The molecule has 3 aromatic rings. The van der Waals surface area contributed by atoms with Crippen LogP contribution in [0.25, 0.3) is 10.9 Å². The van der Waals surface area contributed by atoms with E-state index in [-0.39, 0.29) is 10.8 Å². The summed E-state index contributed by atoms with van der Waals surface area (Å²) in [6, 6.07) is 15.2. The lowest BCUT2D eigenvalue weighted by Crippen LogP contribution is -2.49. The van der Waals surface area contributed by atoms with Crippen molar-refractivity contribution in [1.82, 2.24) is 14.8 Å². The normalized spacial score (nSPS) is 18.0. The second-order valence-corrected chi connectivity index (χ2v) is 12.9. The highest BCUT2D eigenvalue weighted by molar-refractivity contribution is 7.93. The molecule has 1 saturated heterocycles. The number of anilines is 1. The van der Waals surface area contributed by atoms with Crippen LogP contribution in [0.15, 0.2) is 88.4 Å². The van der Waals surface area contributed by atoms with E-state index >= 15 is 0 Å². The summed E-state index contributed by atoms with van der Waals surface area (Å²) in [6.07, 6.45) is 12.3. The highest BCUT2D eigenvalue weighted by atomic mass is 35.5. The molecule has 2 aromatic carbocycles. The van der Waals surface area contributed by atoms with Crippen LogP contribution in [0.5, 0.6) is 0 Å². The van der Waals surface area contributed by atoms with Gasteiger partial charge in [-0.15, -0.1) is 0 Å². The number of sulfonamides is 1. The molecule has 2 heterocycles. The van der Waals surface area contributed by atoms with Crippen LogP contribution in [0.4, 0.5) is 5.69 Å². The van der Waals surface area contributed by atoms with E-state index in [1.165, 1.54) is 38.2 Å². The minimum Gasteiger partial charge on any atom is -0.336 e. The number of benzene rings is 2. The number of aromatic nitrogens is 1. The average Bonchev–Trinajstić information content (AvgIpc) is 3.00. The molecule has 0 atom stereocenters. The first-order valence-electron chi connectivity index (χ1n) is 14.4. The van der Waals surface area contributed by atoms with Crippen molar-refractivity contribution in [3.8, 4) is 0 Å². The maximum absolute atomic E-state index is 13.2. The minimum absolute atomic E-state index is 0.0567. The Labute approximate surface area is 247 Å². The zero-order chi connectivity index (χ0) is 28.8. The summed E-state index contributed by atoms with van der Waals surface area (Å²) in [4.78, 5) is 21.8. The van der Waals surface area contributed by atoms with Crippen LogP contribution in [0.1, 0.15) is 49.4 Å². The number of piperazine rings is 1. The predicted octanol–water partition coefficient (Wildman–Crippen LogP) is 6.44. The third-order valence-electron chi connectivity index (χ3n) is 8.01. The van der Waals surface area contributed by atoms with E-state index in [9.17, 15) is 13.2 Å². The molecule has 7 nitrogen and oxygen atoms in total. The Balaban J connectivity index is 1.16. The van der Waals surface area contributed by atoms with Gasteiger partial charge in [0.25, 0.3) is 15.9 Å². The highest BCUT2D eigenvalue weighted by Crippen LogP contribution is 2.29. The maximum Gasteiger partial charge on any atom is 0.264 e. The fraction of sp³-hybridized carbons (Fsp3) is 0.375. The molecule has 1 saturated carbocycles. The van der Waals surface area contributed by atoms with Gasteiger partial charge in [0.2, 0.25) is 0 Å². The molecule has 5 rings (SSSR count). The highest BCUT2D eigenvalue weighted by Gasteiger charge is 2.24. The van der Waals surface area contributed by atoms with Gasteiger partial charge in [-0.2, -0.15) is 0 Å². The Morgan fingerprint density at radius 2 is 1.71 bits per heavy atom. The molecular weight excluding hydrogens is 556 g/mol. The van der Waals surface area contributed by atoms with Gasteiger partial charge < -0.3 is 4.90 Å². The number of halogens is 1. The third-order valence-corrected chi connectivity index (χ3v) is 9.79. The molecule has 41 heavy (non-hydrogen) atoms. The first kappa shape index (κ1) is 29.3. The van der Waals surface area contributed by atoms with E-state index in [2.05, 4.69) is 26.8 Å². The number of nitrogens with one attached hydrogen (secondary N) is 1. The molecule has 1 aromatic heterocycles. The lowest BCUT2D eigenvalue weighted by atomic mass is 9.88. The van der Waals surface area contributed by atoms with Crippen LogP contribution in [0.2, 0.25) is 0 Å². The number of hydrogen-bond acceptors (Lipinski definition) is 5. The summed E-state index contributed by atoms with van der Waals surface area (Å²) < 4.78 is 28.8. The van der Waals surface area contributed by atoms with Gasteiger partial charge in [0, 0.05) is 60.6 Å². The minimum atomic E-state index is -3.86. The number of carbonyl (C=O) groups excluding carboxylic acids is 1. The molecule has 2 aliphatic rings. The van der Waals surface area contributed by atoms with Crippen molar-refractivity contribution in [2.45, 2.75) is 43.9 Å². The number of rotatable bonds is 8. The summed E-state index contributed by atoms with van der Waals surface area (Å²) in [6.45, 7) is 5.61. The second kappa shape index (κ2) is 13.2. The summed E-state index contributed by atoms with van der Waals surface area (Å²) >= 11 is 6.73. The molecule has 2 fully saturated rings. The third kappa shape index (κ3) is 7.18. The first-order chi connectivity index (χ1) is 19.8. The molecular formula is C32H37ClN4O3S. The average molecular weight is 593 g/mol. The number of amides is 1. The van der Waals surface area contributed by atoms with Crippen molar-refractivity contribution in [2.75, 3.05) is 37.4 Å². The smallest absolute Gasteiger partial charge is 0.264 e. The number of nitrogens with zero attached hydrogens (tertiary/aromatic N) is 3. The van der Waals surface area contributed by atoms with Crippen molar-refractivity contribution in [3.05, 3.63) is 89.1 Å². The summed E-state index contributed by atoms with van der Waals surface area (Å²) in [5, 5.41) is 1.61. The van der Waals surface area contributed by atoms with Crippen molar-refractivity contribution in [1.29, 1.82) is 0 Å². The zero-order valence-electron chi connectivity index (χ0n) is 23.4. The van der Waals surface area contributed by atoms with E-state index in [1.54, 1.807) is 42.6 Å². The zero-order valence-corrected chi connectivity index (χ0v) is 25.0. The number of carbonyl (C=O) groups is 1. The fourth-order valence-electron chi connectivity index (χ4n) is 5.64. The first-order valence-corrected chi connectivity index (χ1v) is 16.2. The predicted molar refractivity (Wildman–Crippen MR) is 166 cm³/mol. The lowest BCUT2D eigenvalue weighted by molar-refractivity contribution is 0.0648. The van der Waals surface area contributed by atoms with Crippen molar-refractivity contribution >= 4 is 44.1 Å². The molecule has 1 aliphatic heterocycles. The van der Waals surface area contributed by atoms with Gasteiger partial charge in [0.15, 0.2) is 0 Å². The van der Waals surface area contributed by atoms with E-state index in [4.69, 9.17) is 11.6 Å². The molecule has 9 heteroatoms. The van der Waals surface area contributed by atoms with E-state index in [1.807, 2.05) is 24.0 Å². The quantitative estimate of drug-likeness (QED) is 0.304. The van der Waals surface area contributed by atoms with Crippen LogP contribution in [0.3, 0.4) is 0 Å². The molecule has 1 N–H and O–H groups in total. The molecule has 0 unspecified atom stereocenters. The van der Waals surface area contributed by atoms with Gasteiger partial charge in [0.1, 0.15) is 4.90 Å². The number of para-hydroxylation sites is 1. The number of hydrogen-bond donors (Lipinski definition) is 1. The Kier molecular flexibility index (Phi) is 9.42. The number of pyridine rings is 1. The van der Waals surface area contributed by atoms with Gasteiger partial charge in [-0.25, -0.2) is 8.42 Å². The van der Waals surface area contributed by atoms with Crippen LogP contribution in [-0.2, 0) is 10.0 Å². The van der Waals surface area contributed by atoms with Crippen LogP contribution in [0, 0.1) is 5.92 Å². The standard InChI is InChI=1S/C32H37ClN4O3S/c1-2-25(29(33)22-24-8-4-3-5-9-24)23-36-18-20-37(21-19-36)32(38)27-13-15-28(16-14-27)35-41(39,40)30-12-6-10-26-11-7-17-34-31(26)30/h2,6-7,10-17,22,24,35H,3-5,8-9,18-21,23H2,1H3/b25-2-,29-22+. The van der Waals surface area contributed by atoms with E-state index in [0.29, 0.717) is 35.8 Å². The fourth-order valence-corrected chi connectivity index (χ4v) is 7.22. The SMILES string of the molecule is C/C=C(CN1CCN(C(=O)c2ccc(NS(=O)(=O)c3cccc4cccnc34)cc2)CC1)\C(Cl)=C/C1CCCCC1. The summed E-state index contributed by atoms with van der Waals surface area (Å²) in [7, 11) is -3.86.